The van der Waals surface area contributed by atoms with Crippen LogP contribution in [-0.2, 0) is 21.2 Å². The molecule has 12 heteroatoms. The molecule has 1 fully saturated rings. The van der Waals surface area contributed by atoms with Gasteiger partial charge in [0.1, 0.15) is 5.82 Å². The number of aromatic nitrogens is 2. The number of carbonyl (C=O) groups excluding carboxylic acids is 2. The Bertz CT molecular complexity index is 1510. The number of ether oxygens (including phenoxy) is 1. The van der Waals surface area contributed by atoms with Crippen LogP contribution in [0.25, 0.3) is 0 Å². The smallest absolute Gasteiger partial charge is 0.409 e. The van der Waals surface area contributed by atoms with Crippen LogP contribution in [0.5, 0.6) is 0 Å². The fourth-order valence-corrected chi connectivity index (χ4v) is 5.81. The summed E-state index contributed by atoms with van der Waals surface area (Å²) < 4.78 is 48.0. The van der Waals surface area contributed by atoms with Gasteiger partial charge in [0.2, 0.25) is 10.0 Å². The van der Waals surface area contributed by atoms with Crippen LogP contribution in [0.15, 0.2) is 59.8 Å². The molecule has 2 aromatic carbocycles. The zero-order valence-electron chi connectivity index (χ0n) is 22.7. The minimum Gasteiger partial charge on any atom is -0.450 e. The van der Waals surface area contributed by atoms with Crippen LogP contribution < -0.4 is 10.0 Å². The molecule has 0 saturated carbocycles. The minimum absolute atomic E-state index is 0.0727. The highest BCUT2D eigenvalue weighted by Crippen LogP contribution is 2.20. The lowest BCUT2D eigenvalue weighted by Crippen LogP contribution is -2.46. The number of rotatable bonds is 9. The summed E-state index contributed by atoms with van der Waals surface area (Å²) in [6, 6.07) is 9.38. The first-order chi connectivity index (χ1) is 19.7. The van der Waals surface area contributed by atoms with Gasteiger partial charge in [0, 0.05) is 48.6 Å². The maximum absolute atomic E-state index is 13.5. The van der Waals surface area contributed by atoms with E-state index in [-0.39, 0.29) is 34.6 Å². The monoisotopic (exact) mass is 581 g/mol. The Morgan fingerprint density at radius 3 is 2.59 bits per heavy atom. The lowest BCUT2D eigenvalue weighted by atomic mass is 10.1. The topological polar surface area (TPSA) is 133 Å². The fraction of sp³-hybridized carbons (Fsp3) is 0.345. The van der Waals surface area contributed by atoms with E-state index >= 15 is 0 Å². The lowest BCUT2D eigenvalue weighted by Gasteiger charge is -2.31. The summed E-state index contributed by atoms with van der Waals surface area (Å²) in [5.41, 5.74) is 1.92. The highest BCUT2D eigenvalue weighted by molar-refractivity contribution is 7.89. The fourth-order valence-electron chi connectivity index (χ4n) is 4.36. The number of sulfonamides is 1. The Labute approximate surface area is 238 Å². The van der Waals surface area contributed by atoms with Crippen molar-refractivity contribution >= 4 is 22.0 Å². The van der Waals surface area contributed by atoms with Crippen molar-refractivity contribution in [2.75, 3.05) is 26.2 Å². The van der Waals surface area contributed by atoms with Crippen LogP contribution in [0.1, 0.15) is 53.2 Å². The number of halogens is 1. The van der Waals surface area contributed by atoms with Crippen molar-refractivity contribution in [2.24, 2.45) is 0 Å². The first kappa shape index (κ1) is 29.8. The minimum atomic E-state index is -4.03. The molecule has 216 valence electrons. The number of benzene rings is 2. The molecule has 0 aliphatic carbocycles. The predicted octanol–water partition coefficient (Wildman–Crippen LogP) is 3.21. The number of amides is 2. The van der Waals surface area contributed by atoms with Crippen molar-refractivity contribution in [3.05, 3.63) is 82.9 Å². The molecular formula is C29H32FN5O5S. The summed E-state index contributed by atoms with van der Waals surface area (Å²) in [5.74, 6) is 4.95. The van der Waals surface area contributed by atoms with Crippen molar-refractivity contribution in [1.29, 1.82) is 0 Å². The Balaban J connectivity index is 1.50. The molecule has 0 spiro atoms. The Morgan fingerprint density at radius 1 is 1.15 bits per heavy atom. The van der Waals surface area contributed by atoms with Crippen molar-refractivity contribution in [3.63, 3.8) is 0 Å². The molecule has 4 rings (SSSR count). The molecular weight excluding hydrogens is 549 g/mol. The number of piperidine rings is 1. The zero-order valence-corrected chi connectivity index (χ0v) is 23.5. The second-order valence-corrected chi connectivity index (χ2v) is 11.2. The molecule has 0 atom stereocenters. The van der Waals surface area contributed by atoms with Gasteiger partial charge in [0.05, 0.1) is 17.7 Å². The lowest BCUT2D eigenvalue weighted by molar-refractivity contribution is 0.0948. The summed E-state index contributed by atoms with van der Waals surface area (Å²) in [5, 5.41) is 9.50. The van der Waals surface area contributed by atoms with E-state index < -0.39 is 21.9 Å². The van der Waals surface area contributed by atoms with Gasteiger partial charge in [-0.15, -0.1) is 0 Å². The summed E-state index contributed by atoms with van der Waals surface area (Å²) in [7, 11) is -4.03. The predicted molar refractivity (Wildman–Crippen MR) is 150 cm³/mol. The second-order valence-electron chi connectivity index (χ2n) is 9.52. The van der Waals surface area contributed by atoms with Crippen molar-refractivity contribution in [2.45, 2.75) is 43.5 Å². The maximum atomic E-state index is 13.5. The van der Waals surface area contributed by atoms with Crippen LogP contribution in [0.4, 0.5) is 9.18 Å². The number of H-pyrrole nitrogens is 1. The molecule has 1 aliphatic heterocycles. The number of nitrogens with zero attached hydrogens (tertiary/aromatic N) is 2. The van der Waals surface area contributed by atoms with Gasteiger partial charge in [-0.3, -0.25) is 9.89 Å². The third kappa shape index (κ3) is 8.39. The van der Waals surface area contributed by atoms with Crippen LogP contribution in [0.3, 0.4) is 0 Å². The largest absolute Gasteiger partial charge is 0.450 e. The molecule has 1 saturated heterocycles. The molecule has 41 heavy (non-hydrogen) atoms. The van der Waals surface area contributed by atoms with E-state index in [4.69, 9.17) is 4.74 Å². The van der Waals surface area contributed by atoms with E-state index in [1.165, 1.54) is 42.5 Å². The maximum Gasteiger partial charge on any atom is 0.409 e. The molecule has 1 aromatic heterocycles. The van der Waals surface area contributed by atoms with Gasteiger partial charge in [-0.2, -0.15) is 5.10 Å². The second kappa shape index (κ2) is 13.9. The van der Waals surface area contributed by atoms with Crippen LogP contribution in [-0.4, -0.2) is 67.8 Å². The quantitative estimate of drug-likeness (QED) is 0.263. The number of aromatic amines is 1. The Kier molecular flexibility index (Phi) is 10.1. The van der Waals surface area contributed by atoms with E-state index in [1.807, 2.05) is 0 Å². The van der Waals surface area contributed by atoms with Gasteiger partial charge >= 0.3 is 6.09 Å². The third-order valence-corrected chi connectivity index (χ3v) is 8.12. The highest BCUT2D eigenvalue weighted by atomic mass is 32.2. The molecule has 2 amide bonds. The Hall–Kier alpha value is -4.21. The number of aryl methyl sites for hydroxylation is 1. The van der Waals surface area contributed by atoms with Gasteiger partial charge < -0.3 is 15.0 Å². The van der Waals surface area contributed by atoms with Crippen molar-refractivity contribution in [1.82, 2.24) is 25.1 Å². The van der Waals surface area contributed by atoms with Gasteiger partial charge in [0.15, 0.2) is 0 Å². The van der Waals surface area contributed by atoms with Crippen molar-refractivity contribution in [3.8, 4) is 11.8 Å². The molecule has 0 radical (unpaired) electrons. The van der Waals surface area contributed by atoms with Crippen LogP contribution in [0, 0.1) is 17.7 Å². The molecule has 10 nitrogen and oxygen atoms in total. The first-order valence-corrected chi connectivity index (χ1v) is 14.8. The number of carbonyl (C=O) groups is 2. The zero-order chi connectivity index (χ0) is 29.2. The molecule has 1 aliphatic rings. The normalized spacial score (nSPS) is 13.8. The summed E-state index contributed by atoms with van der Waals surface area (Å²) >= 11 is 0. The number of hydrogen-bond donors (Lipinski definition) is 3. The van der Waals surface area contributed by atoms with Crippen LogP contribution in [0.2, 0.25) is 0 Å². The van der Waals surface area contributed by atoms with E-state index in [0.717, 1.165) is 12.0 Å². The van der Waals surface area contributed by atoms with Gasteiger partial charge in [-0.1, -0.05) is 11.8 Å². The van der Waals surface area contributed by atoms with Gasteiger partial charge in [-0.25, -0.2) is 22.3 Å². The van der Waals surface area contributed by atoms with E-state index in [1.54, 1.807) is 24.2 Å². The molecule has 3 N–H and O–H groups in total. The summed E-state index contributed by atoms with van der Waals surface area (Å²) in [4.78, 5) is 26.3. The molecule has 0 unspecified atom stereocenters. The van der Waals surface area contributed by atoms with E-state index in [0.29, 0.717) is 44.5 Å². The Morgan fingerprint density at radius 2 is 1.90 bits per heavy atom. The molecule has 2 heterocycles. The van der Waals surface area contributed by atoms with Gasteiger partial charge in [0.25, 0.3) is 5.91 Å². The SMILES string of the molecule is CCOC(=O)N1CCC(NS(=O)(=O)c2ccc(C(=O)NCCCc3cn[nH]c3)cc2C#Cc2ccc(F)cc2)CC1. The van der Waals surface area contributed by atoms with Gasteiger partial charge in [-0.05, 0) is 80.6 Å². The van der Waals surface area contributed by atoms with Crippen LogP contribution >= 0.6 is 0 Å². The average molecular weight is 582 g/mol. The summed E-state index contributed by atoms with van der Waals surface area (Å²) in [6.45, 7) is 3.15. The number of hydrogen-bond acceptors (Lipinski definition) is 6. The third-order valence-electron chi connectivity index (χ3n) is 6.54. The van der Waals surface area contributed by atoms with Crippen molar-refractivity contribution < 1.29 is 27.1 Å². The first-order valence-electron chi connectivity index (χ1n) is 13.4. The average Bonchev–Trinajstić information content (AvgIpc) is 3.49. The summed E-state index contributed by atoms with van der Waals surface area (Å²) in [6.07, 6.45) is 5.40. The standard InChI is InChI=1S/C29H32FN5O5S/c1-2-40-29(37)35-16-13-26(14-17-35)34-41(38,39)27-12-9-24(28(36)31-15-3-4-22-19-32-33-20-22)18-23(27)8-5-21-6-10-25(30)11-7-21/h6-7,9-12,18-20,26,34H,2-4,13-17H2,1H3,(H,31,36)(H,32,33). The number of likely N-dealkylation sites (tertiary alicyclic amines) is 1. The molecule has 0 bridgehead atoms. The highest BCUT2D eigenvalue weighted by Gasteiger charge is 2.28. The molecule has 3 aromatic rings. The number of nitrogens with one attached hydrogen (secondary N) is 3. The van der Waals surface area contributed by atoms with E-state index in [9.17, 15) is 22.4 Å². The van der Waals surface area contributed by atoms with E-state index in [2.05, 4.69) is 32.1 Å².